The SMILES string of the molecule is CN1CCC2CN(c3cc(I)c(Cl)c(F)n3)CC21.CN1CCC2CN(c3cc(N)c(Cl)c(F)n3)CC21.CN1CCC2CN(c3cc(NC(=O)OC(C)(C)C)c(Cl)c(F)n3)CC21.CN1CCC2CN(c3ccc(Cl)c(F)n3)CC21.CN1CCC2CN(c3cccc(F)n3)CC21.CN1CCC2CNCC21.Fc1cccc(F)n1. The summed E-state index contributed by atoms with van der Waals surface area (Å²) in [6, 6.07) is 20.7. The Morgan fingerprint density at radius 2 is 0.802 bits per heavy atom. The van der Waals surface area contributed by atoms with Crippen molar-refractivity contribution in [3.63, 3.8) is 0 Å². The van der Waals surface area contributed by atoms with E-state index < -0.39 is 47.4 Å². The number of halogens is 12. The average Bonchev–Trinajstić information content (AvgIpc) is 1.68. The molecule has 18 rings (SSSR count). The summed E-state index contributed by atoms with van der Waals surface area (Å²) in [6.45, 7) is 24.1. The summed E-state index contributed by atoms with van der Waals surface area (Å²) in [4.78, 5) is 59.5. The highest BCUT2D eigenvalue weighted by Gasteiger charge is 2.45. The van der Waals surface area contributed by atoms with E-state index >= 15 is 0 Å². The van der Waals surface area contributed by atoms with Crippen LogP contribution in [0.5, 0.6) is 0 Å². The van der Waals surface area contributed by atoms with Crippen molar-refractivity contribution < 1.29 is 40.3 Å². The van der Waals surface area contributed by atoms with Crippen LogP contribution in [0.2, 0.25) is 20.1 Å². The fourth-order valence-electron chi connectivity index (χ4n) is 17.8. The Hall–Kier alpha value is -5.91. The molecule has 0 spiro atoms. The molecule has 0 aromatic carbocycles. The van der Waals surface area contributed by atoms with Crippen LogP contribution in [-0.2, 0) is 4.74 Å². The molecule has 0 aliphatic carbocycles. The molecule has 18 heterocycles. The van der Waals surface area contributed by atoms with Crippen molar-refractivity contribution in [1.29, 1.82) is 0 Å². The summed E-state index contributed by atoms with van der Waals surface area (Å²) in [6.07, 6.45) is 6.78. The Labute approximate surface area is 680 Å². The molecular weight excluding hydrogens is 1640 g/mol. The maximum Gasteiger partial charge on any atom is 0.412 e. The number of nitrogens with one attached hydrogen (secondary N) is 2. The highest BCUT2D eigenvalue weighted by atomic mass is 127. The van der Waals surface area contributed by atoms with Gasteiger partial charge in [0.2, 0.25) is 41.6 Å². The van der Waals surface area contributed by atoms with Gasteiger partial charge in [-0.05, 0) is 248 Å². The molecular formula is C77H102Cl4F7IN20O2. The third-order valence-corrected chi connectivity index (χ3v) is 26.5. The molecule has 111 heavy (non-hydrogen) atoms. The number of anilines is 7. The summed E-state index contributed by atoms with van der Waals surface area (Å²) >= 11 is 25.2. The third-order valence-electron chi connectivity index (χ3n) is 24.0. The number of rotatable bonds is 6. The van der Waals surface area contributed by atoms with E-state index in [1.54, 1.807) is 51.1 Å². The van der Waals surface area contributed by atoms with E-state index in [0.717, 1.165) is 124 Å². The summed E-state index contributed by atoms with van der Waals surface area (Å²) in [5, 5.41) is 5.84. The van der Waals surface area contributed by atoms with E-state index in [1.807, 2.05) is 17.0 Å². The molecule has 6 aromatic heterocycles. The first-order valence-electron chi connectivity index (χ1n) is 38.2. The number of nitrogen functional groups attached to an aromatic ring is 1. The number of carbonyl (C=O) groups excluding carboxylic acids is 1. The molecule has 4 N–H and O–H groups in total. The van der Waals surface area contributed by atoms with Crippen molar-refractivity contribution in [3.8, 4) is 0 Å². The van der Waals surface area contributed by atoms with E-state index in [9.17, 15) is 35.5 Å². The van der Waals surface area contributed by atoms with Gasteiger partial charge in [-0.1, -0.05) is 58.5 Å². The first-order valence-corrected chi connectivity index (χ1v) is 40.8. The smallest absolute Gasteiger partial charge is 0.412 e. The summed E-state index contributed by atoms with van der Waals surface area (Å²) in [5.41, 5.74) is 5.46. The number of fused-ring (bicyclic) bond motifs is 6. The van der Waals surface area contributed by atoms with Crippen LogP contribution in [0.1, 0.15) is 59.3 Å². The van der Waals surface area contributed by atoms with Gasteiger partial charge >= 0.3 is 6.09 Å². The number of likely N-dealkylation sites (N-methyl/N-ethyl adjacent to an activating group) is 6. The van der Waals surface area contributed by atoms with Crippen molar-refractivity contribution in [1.82, 2.24) is 64.6 Å². The van der Waals surface area contributed by atoms with E-state index in [0.29, 0.717) is 77.2 Å². The number of hydrogen-bond donors (Lipinski definition) is 3. The minimum Gasteiger partial charge on any atom is -0.444 e. The topological polar surface area (TPSA) is 189 Å². The summed E-state index contributed by atoms with van der Waals surface area (Å²) in [5.74, 6) is 2.99. The zero-order valence-electron chi connectivity index (χ0n) is 64.3. The minimum absolute atomic E-state index is 0.0877. The molecule has 0 radical (unpaired) electrons. The summed E-state index contributed by atoms with van der Waals surface area (Å²) < 4.78 is 97.2. The first-order chi connectivity index (χ1) is 52.8. The largest absolute Gasteiger partial charge is 0.444 e. The summed E-state index contributed by atoms with van der Waals surface area (Å²) in [7, 11) is 13.0. The maximum absolute atomic E-state index is 14.2. The van der Waals surface area contributed by atoms with Gasteiger partial charge in [-0.25, -0.2) is 29.7 Å². The fraction of sp³-hybridized carbons (Fsp3) is 0.597. The number of aromatic nitrogens is 6. The number of likely N-dealkylation sites (tertiary alicyclic amines) is 6. The Balaban J connectivity index is 0.000000123. The van der Waals surface area contributed by atoms with Gasteiger partial charge in [-0.2, -0.15) is 35.7 Å². The first kappa shape index (κ1) is 84.5. The van der Waals surface area contributed by atoms with Crippen LogP contribution in [0, 0.1) is 80.7 Å². The Morgan fingerprint density at radius 3 is 1.18 bits per heavy atom. The zero-order chi connectivity index (χ0) is 79.4. The highest BCUT2D eigenvalue weighted by molar-refractivity contribution is 14.1. The molecule has 6 aromatic rings. The molecule has 606 valence electrons. The van der Waals surface area contributed by atoms with Gasteiger partial charge in [0.1, 0.15) is 49.8 Å². The molecule has 0 saturated carbocycles. The van der Waals surface area contributed by atoms with Gasteiger partial charge in [-0.3, -0.25) is 5.32 Å². The second-order valence-corrected chi connectivity index (χ2v) is 35.0. The fourth-order valence-corrected chi connectivity index (χ4v) is 18.8. The third kappa shape index (κ3) is 20.9. The number of nitrogens with two attached hydrogens (primary N) is 1. The molecule has 34 heteroatoms. The maximum atomic E-state index is 14.2. The lowest BCUT2D eigenvalue weighted by Crippen LogP contribution is -2.32. The van der Waals surface area contributed by atoms with Gasteiger partial charge in [0, 0.05) is 124 Å². The van der Waals surface area contributed by atoms with Gasteiger partial charge in [0.25, 0.3) is 0 Å². The molecule has 12 fully saturated rings. The molecule has 12 saturated heterocycles. The zero-order valence-corrected chi connectivity index (χ0v) is 69.5. The van der Waals surface area contributed by atoms with Crippen molar-refractivity contribution >= 4 is 116 Å². The Kier molecular flexibility index (Phi) is 28.1. The molecule has 12 aliphatic rings. The Bertz CT molecular complexity index is 4040. The highest BCUT2D eigenvalue weighted by Crippen LogP contribution is 2.40. The van der Waals surface area contributed by atoms with E-state index in [2.05, 4.69) is 154 Å². The van der Waals surface area contributed by atoms with Gasteiger partial charge < -0.3 is 69.7 Å². The predicted molar refractivity (Wildman–Crippen MR) is 433 cm³/mol. The van der Waals surface area contributed by atoms with Crippen molar-refractivity contribution in [3.05, 3.63) is 132 Å². The molecule has 12 atom stereocenters. The number of carbonyl (C=O) groups is 1. The lowest BCUT2D eigenvalue weighted by Gasteiger charge is -2.23. The molecule has 12 unspecified atom stereocenters. The molecule has 12 aliphatic heterocycles. The van der Waals surface area contributed by atoms with Crippen LogP contribution in [0.4, 0.5) is 76.0 Å². The van der Waals surface area contributed by atoms with Gasteiger partial charge in [0.15, 0.2) is 0 Å². The standard InChI is InChI=1S/C17H24ClFN4O2.C12H14ClFIN3.C12H16ClFN4.C12H15ClFN3.C12H16FN3.C7H14N2.C5H3F2N/c1-17(2,3)25-16(24)20-11-7-13(21-15(19)14(11)18)23-8-10-5-6-22(4)12(10)9-23;2*1-17-3-2-7-5-18(6-9(7)17)10-4-8(15)11(13)12(14)16-10;1-16-5-4-8-6-17(7-10(8)16)11-3-2-9(13)12(14)15-11;1-15-6-5-9-7-16(8-10(9)15)12-4-2-3-11(13)14-12;1-9-3-2-6-4-8-5-7(6)9;6-4-2-1-3-5(7)8-4/h7,10,12H,5-6,8-9H2,1-4H3,(H,20,21,24);4,7,9H,2-3,5-6H2,1H3;4,7,9H,2-3,5-6H2,1H3,(H2,15,16);2-3,8,10H,4-7H2,1H3;2-4,9-10H,5-8H2,1H3;6-8H,2-5H2,1H3;1-3H. The van der Waals surface area contributed by atoms with Crippen LogP contribution in [-0.4, -0.2) is 267 Å². The van der Waals surface area contributed by atoms with Gasteiger partial charge in [-0.15, -0.1) is 0 Å². The van der Waals surface area contributed by atoms with Crippen molar-refractivity contribution in [2.24, 2.45) is 35.5 Å². The quantitative estimate of drug-likeness (QED) is 0.0810. The second-order valence-electron chi connectivity index (χ2n) is 32.3. The molecule has 22 nitrogen and oxygen atoms in total. The normalized spacial score (nSPS) is 27.3. The molecule has 1 amide bonds. The number of hydrogen-bond acceptors (Lipinski definition) is 21. The number of nitrogens with zero attached hydrogens (tertiary/aromatic N) is 17. The van der Waals surface area contributed by atoms with Gasteiger partial charge in [0.05, 0.1) is 16.4 Å². The lowest BCUT2D eigenvalue weighted by atomic mass is 10.1. The average molecular weight is 1740 g/mol. The van der Waals surface area contributed by atoms with E-state index in [1.165, 1.54) is 83.5 Å². The van der Waals surface area contributed by atoms with Crippen LogP contribution in [0.3, 0.4) is 0 Å². The number of ether oxygens (including phenoxy) is 1. The van der Waals surface area contributed by atoms with E-state index in [4.69, 9.17) is 56.9 Å². The van der Waals surface area contributed by atoms with Crippen molar-refractivity contribution in [2.75, 3.05) is 196 Å². The van der Waals surface area contributed by atoms with Crippen LogP contribution >= 0.6 is 69.0 Å². The van der Waals surface area contributed by atoms with Crippen LogP contribution < -0.4 is 40.9 Å². The minimum atomic E-state index is -0.796. The predicted octanol–water partition coefficient (Wildman–Crippen LogP) is 12.2. The second kappa shape index (κ2) is 36.9. The number of amides is 1. The van der Waals surface area contributed by atoms with Crippen molar-refractivity contribution in [2.45, 2.75) is 101 Å². The number of pyridine rings is 6. The lowest BCUT2D eigenvalue weighted by molar-refractivity contribution is 0.0635. The Morgan fingerprint density at radius 1 is 0.441 bits per heavy atom. The van der Waals surface area contributed by atoms with Crippen LogP contribution in [0.25, 0.3) is 0 Å². The van der Waals surface area contributed by atoms with E-state index in [-0.39, 0.29) is 37.4 Å². The monoisotopic (exact) mass is 1740 g/mol. The van der Waals surface area contributed by atoms with Crippen LogP contribution in [0.15, 0.2) is 66.7 Å². The molecule has 0 bridgehead atoms.